The Morgan fingerprint density at radius 1 is 1.22 bits per heavy atom. The largest absolute Gasteiger partial charge is 0.368 e. The summed E-state index contributed by atoms with van der Waals surface area (Å²) in [5.41, 5.74) is 7.24. The Bertz CT molecular complexity index is 902. The molecule has 1 unspecified atom stereocenters. The van der Waals surface area contributed by atoms with Crippen molar-refractivity contribution in [3.8, 4) is 0 Å². The summed E-state index contributed by atoms with van der Waals surface area (Å²) < 4.78 is 2.07. The van der Waals surface area contributed by atoms with E-state index in [4.69, 9.17) is 5.73 Å². The molecule has 0 aliphatic carbocycles. The summed E-state index contributed by atoms with van der Waals surface area (Å²) >= 11 is 0. The molecule has 3 rings (SSSR count). The molecule has 0 spiro atoms. The van der Waals surface area contributed by atoms with E-state index in [0.29, 0.717) is 5.56 Å². The highest BCUT2D eigenvalue weighted by atomic mass is 16.1. The number of hydrogen-bond donors (Lipinski definition) is 2. The highest BCUT2D eigenvalue weighted by molar-refractivity contribution is 5.91. The first kappa shape index (κ1) is 18.3. The van der Waals surface area contributed by atoms with Crippen molar-refractivity contribution in [3.05, 3.63) is 78.1 Å². The van der Waals surface area contributed by atoms with Gasteiger partial charge in [-0.15, -0.1) is 0 Å². The van der Waals surface area contributed by atoms with Gasteiger partial charge in [0.05, 0.1) is 6.04 Å². The van der Waals surface area contributed by atoms with Gasteiger partial charge in [-0.1, -0.05) is 30.3 Å². The number of hydrogen-bond acceptors (Lipinski definition) is 5. The van der Waals surface area contributed by atoms with Gasteiger partial charge in [0.25, 0.3) is 0 Å². The topological polar surface area (TPSA) is 98.7 Å². The number of aryl methyl sites for hydroxylation is 2. The lowest BCUT2D eigenvalue weighted by Gasteiger charge is -2.19. The molecule has 0 aliphatic heterocycles. The Morgan fingerprint density at radius 3 is 2.63 bits per heavy atom. The average Bonchev–Trinajstić information content (AvgIpc) is 3.10. The predicted octanol–water partition coefficient (Wildman–Crippen LogP) is 2.52. The van der Waals surface area contributed by atoms with E-state index in [1.54, 1.807) is 24.7 Å². The smallest absolute Gasteiger partial charge is 0.244 e. The minimum atomic E-state index is -0.178. The predicted molar refractivity (Wildman–Crippen MR) is 104 cm³/mol. The lowest BCUT2D eigenvalue weighted by Crippen LogP contribution is -2.28. The summed E-state index contributed by atoms with van der Waals surface area (Å²) in [6, 6.07) is 9.83. The normalized spacial score (nSPS) is 12.2. The molecule has 3 aromatic rings. The van der Waals surface area contributed by atoms with Gasteiger partial charge in [0, 0.05) is 43.0 Å². The molecule has 7 heteroatoms. The Morgan fingerprint density at radius 2 is 1.96 bits per heavy atom. The molecular weight excluding hydrogens is 340 g/mol. The fourth-order valence-electron chi connectivity index (χ4n) is 2.74. The Labute approximate surface area is 158 Å². The number of benzene rings is 1. The van der Waals surface area contributed by atoms with E-state index in [2.05, 4.69) is 24.8 Å². The monoisotopic (exact) mass is 362 g/mol. The fraction of sp³-hybridized carbons (Fsp3) is 0.200. The number of carbonyl (C=O) groups excluding carboxylic acids is 1. The molecule has 3 N–H and O–H groups in total. The number of nitrogens with one attached hydrogen (secondary N) is 1. The van der Waals surface area contributed by atoms with Gasteiger partial charge in [-0.2, -0.15) is 0 Å². The summed E-state index contributed by atoms with van der Waals surface area (Å²) in [7, 11) is 0. The second kappa shape index (κ2) is 8.75. The third-order valence-corrected chi connectivity index (χ3v) is 4.22. The van der Waals surface area contributed by atoms with Crippen LogP contribution in [-0.2, 0) is 11.3 Å². The zero-order valence-electron chi connectivity index (χ0n) is 15.1. The summed E-state index contributed by atoms with van der Waals surface area (Å²) in [6.07, 6.45) is 10.8. The molecule has 0 aliphatic rings. The Hall–Kier alpha value is -3.48. The van der Waals surface area contributed by atoms with Crippen molar-refractivity contribution in [2.24, 2.45) is 0 Å². The second-order valence-electron chi connectivity index (χ2n) is 6.14. The third kappa shape index (κ3) is 5.24. The van der Waals surface area contributed by atoms with Crippen LogP contribution in [0.1, 0.15) is 29.4 Å². The van der Waals surface area contributed by atoms with Crippen LogP contribution >= 0.6 is 0 Å². The van der Waals surface area contributed by atoms with Gasteiger partial charge in [-0.25, -0.2) is 15.0 Å². The molecule has 1 amide bonds. The van der Waals surface area contributed by atoms with Gasteiger partial charge < -0.3 is 15.6 Å². The number of carbonyl (C=O) groups is 1. The van der Waals surface area contributed by atoms with Crippen molar-refractivity contribution in [1.82, 2.24) is 24.8 Å². The number of rotatable bonds is 7. The zero-order chi connectivity index (χ0) is 19.1. The quantitative estimate of drug-likeness (QED) is 0.629. The Kier molecular flexibility index (Phi) is 5.94. The molecule has 2 heterocycles. The number of aromatic nitrogens is 4. The maximum atomic E-state index is 12.4. The standard InChI is InChI=1S/C20H22N6O/c1-15-22-10-12-26(15)11-9-18(17-5-3-2-4-6-17)25-19(27)8-7-16-13-23-20(21)24-14-16/h2-8,10,12-14,18H,9,11H2,1H3,(H,25,27)(H2,21,23,24). The van der Waals surface area contributed by atoms with E-state index in [9.17, 15) is 4.79 Å². The van der Waals surface area contributed by atoms with Crippen LogP contribution in [0.25, 0.3) is 6.08 Å². The van der Waals surface area contributed by atoms with Crippen molar-refractivity contribution in [3.63, 3.8) is 0 Å². The van der Waals surface area contributed by atoms with Crippen molar-refractivity contribution in [2.45, 2.75) is 25.9 Å². The highest BCUT2D eigenvalue weighted by Crippen LogP contribution is 2.18. The van der Waals surface area contributed by atoms with E-state index in [-0.39, 0.29) is 17.9 Å². The van der Waals surface area contributed by atoms with Crippen LogP contribution in [0, 0.1) is 6.92 Å². The maximum absolute atomic E-state index is 12.4. The molecule has 27 heavy (non-hydrogen) atoms. The molecular formula is C20H22N6O. The van der Waals surface area contributed by atoms with E-state index >= 15 is 0 Å². The van der Waals surface area contributed by atoms with Gasteiger partial charge in [0.15, 0.2) is 0 Å². The maximum Gasteiger partial charge on any atom is 0.244 e. The summed E-state index contributed by atoms with van der Waals surface area (Å²) in [5, 5.41) is 3.07. The number of nitrogens with zero attached hydrogens (tertiary/aromatic N) is 4. The van der Waals surface area contributed by atoms with Crippen LogP contribution in [0.15, 0.2) is 61.2 Å². The molecule has 0 radical (unpaired) electrons. The minimum absolute atomic E-state index is 0.104. The van der Waals surface area contributed by atoms with Crippen molar-refractivity contribution < 1.29 is 4.79 Å². The van der Waals surface area contributed by atoms with Gasteiger partial charge in [-0.05, 0) is 25.0 Å². The van der Waals surface area contributed by atoms with Gasteiger partial charge in [-0.3, -0.25) is 4.79 Å². The van der Waals surface area contributed by atoms with Crippen LogP contribution in [0.3, 0.4) is 0 Å². The first-order valence-corrected chi connectivity index (χ1v) is 8.70. The number of nitrogen functional groups attached to an aromatic ring is 1. The lowest BCUT2D eigenvalue weighted by molar-refractivity contribution is -0.117. The SMILES string of the molecule is Cc1nccn1CCC(NC(=O)C=Cc1cnc(N)nc1)c1ccccc1. The molecule has 0 bridgehead atoms. The summed E-state index contributed by atoms with van der Waals surface area (Å²) in [4.78, 5) is 24.5. The van der Waals surface area contributed by atoms with E-state index in [1.165, 1.54) is 6.08 Å². The highest BCUT2D eigenvalue weighted by Gasteiger charge is 2.13. The average molecular weight is 362 g/mol. The van der Waals surface area contributed by atoms with Crippen LogP contribution in [0.5, 0.6) is 0 Å². The van der Waals surface area contributed by atoms with E-state index < -0.39 is 0 Å². The lowest BCUT2D eigenvalue weighted by atomic mass is 10.0. The van der Waals surface area contributed by atoms with Crippen molar-refractivity contribution in [2.75, 3.05) is 5.73 Å². The van der Waals surface area contributed by atoms with Crippen LogP contribution in [0.2, 0.25) is 0 Å². The number of anilines is 1. The second-order valence-corrected chi connectivity index (χ2v) is 6.14. The molecule has 0 fully saturated rings. The van der Waals surface area contributed by atoms with Crippen molar-refractivity contribution >= 4 is 17.9 Å². The third-order valence-electron chi connectivity index (χ3n) is 4.22. The zero-order valence-corrected chi connectivity index (χ0v) is 15.1. The van der Waals surface area contributed by atoms with Gasteiger partial charge >= 0.3 is 0 Å². The number of nitrogens with two attached hydrogens (primary N) is 1. The Balaban J connectivity index is 1.67. The summed E-state index contributed by atoms with van der Waals surface area (Å²) in [5.74, 6) is 0.981. The van der Waals surface area contributed by atoms with Crippen LogP contribution in [0.4, 0.5) is 5.95 Å². The molecule has 138 valence electrons. The molecule has 0 saturated carbocycles. The van der Waals surface area contributed by atoms with Crippen LogP contribution in [-0.4, -0.2) is 25.4 Å². The number of imidazole rings is 1. The van der Waals surface area contributed by atoms with Crippen molar-refractivity contribution in [1.29, 1.82) is 0 Å². The van der Waals surface area contributed by atoms with Gasteiger partial charge in [0.2, 0.25) is 11.9 Å². The fourth-order valence-corrected chi connectivity index (χ4v) is 2.74. The summed E-state index contributed by atoms with van der Waals surface area (Å²) in [6.45, 7) is 2.73. The number of amides is 1. The molecule has 7 nitrogen and oxygen atoms in total. The molecule has 1 atom stereocenters. The first-order chi connectivity index (χ1) is 13.1. The van der Waals surface area contributed by atoms with Gasteiger partial charge in [0.1, 0.15) is 5.82 Å². The first-order valence-electron chi connectivity index (χ1n) is 8.70. The minimum Gasteiger partial charge on any atom is -0.368 e. The van der Waals surface area contributed by atoms with E-state index in [1.807, 2.05) is 43.5 Å². The van der Waals surface area contributed by atoms with Crippen LogP contribution < -0.4 is 11.1 Å². The molecule has 2 aromatic heterocycles. The molecule has 0 saturated heterocycles. The van der Waals surface area contributed by atoms with E-state index in [0.717, 1.165) is 24.4 Å². The molecule has 1 aromatic carbocycles.